The van der Waals surface area contributed by atoms with E-state index in [4.69, 9.17) is 9.47 Å². The highest BCUT2D eigenvalue weighted by Gasteiger charge is 2.41. The summed E-state index contributed by atoms with van der Waals surface area (Å²) in [5.74, 6) is -1.63. The number of ketones is 1. The number of thioether (sulfide) groups is 1. The summed E-state index contributed by atoms with van der Waals surface area (Å²) >= 11 is 1.08. The molecule has 0 aliphatic carbocycles. The fourth-order valence-electron chi connectivity index (χ4n) is 4.52. The van der Waals surface area contributed by atoms with E-state index in [0.717, 1.165) is 27.8 Å². The van der Waals surface area contributed by atoms with Crippen molar-refractivity contribution >= 4 is 41.0 Å². The molecule has 1 aromatic heterocycles. The number of ether oxygens (including phenoxy) is 2. The van der Waals surface area contributed by atoms with Crippen LogP contribution in [0.25, 0.3) is 11.3 Å². The minimum absolute atomic E-state index is 0.0698. The standard InChI is InChI=1S/C33H25N3O6S/c1-20-7-9-21(10-8-20)26-16-13-23(18-34)31(35-26)43-29-17-30(38)36(32(29)39)24-14-11-22(12-15-24)33(40)42-19-27(37)25-5-3-4-6-28(25)41-2/h3-16,29H,17,19H2,1-2H3. The van der Waals surface area contributed by atoms with E-state index < -0.39 is 35.4 Å². The summed E-state index contributed by atoms with van der Waals surface area (Å²) in [5, 5.41) is 9.23. The Balaban J connectivity index is 1.26. The number of aromatic nitrogens is 1. The zero-order chi connectivity index (χ0) is 30.5. The van der Waals surface area contributed by atoms with Gasteiger partial charge in [-0.05, 0) is 55.5 Å². The lowest BCUT2D eigenvalue weighted by atomic mass is 10.1. The quantitative estimate of drug-likeness (QED) is 0.143. The van der Waals surface area contributed by atoms with Gasteiger partial charge in [0.05, 0.1) is 40.4 Å². The molecule has 43 heavy (non-hydrogen) atoms. The predicted molar refractivity (Wildman–Crippen MR) is 160 cm³/mol. The van der Waals surface area contributed by atoms with Crippen LogP contribution in [0.2, 0.25) is 0 Å². The maximum Gasteiger partial charge on any atom is 0.338 e. The first-order chi connectivity index (χ1) is 20.8. The summed E-state index contributed by atoms with van der Waals surface area (Å²) < 4.78 is 10.4. The second-order valence-electron chi connectivity index (χ2n) is 9.65. The molecule has 0 N–H and O–H groups in total. The number of imide groups is 1. The lowest BCUT2D eigenvalue weighted by Crippen LogP contribution is -2.31. The molecule has 0 saturated carbocycles. The van der Waals surface area contributed by atoms with Crippen LogP contribution < -0.4 is 9.64 Å². The van der Waals surface area contributed by atoms with Crippen molar-refractivity contribution < 1.29 is 28.7 Å². The topological polar surface area (TPSA) is 127 Å². The fraction of sp³-hybridized carbons (Fsp3) is 0.152. The van der Waals surface area contributed by atoms with Crippen LogP contribution in [0.15, 0.2) is 90.0 Å². The van der Waals surface area contributed by atoms with Crippen molar-refractivity contribution in [1.82, 2.24) is 4.98 Å². The SMILES string of the molecule is COc1ccccc1C(=O)COC(=O)c1ccc(N2C(=O)CC(Sc3nc(-c4ccc(C)cc4)ccc3C#N)C2=O)cc1. The number of nitrogens with zero attached hydrogens (tertiary/aromatic N) is 3. The first kappa shape index (κ1) is 29.2. The van der Waals surface area contributed by atoms with Gasteiger partial charge >= 0.3 is 5.97 Å². The zero-order valence-electron chi connectivity index (χ0n) is 23.3. The highest BCUT2D eigenvalue weighted by Crippen LogP contribution is 2.35. The predicted octanol–water partition coefficient (Wildman–Crippen LogP) is 5.40. The summed E-state index contributed by atoms with van der Waals surface area (Å²) in [5.41, 5.74) is 3.68. The first-order valence-electron chi connectivity index (χ1n) is 13.2. The van der Waals surface area contributed by atoms with Crippen LogP contribution in [0, 0.1) is 18.3 Å². The van der Waals surface area contributed by atoms with Gasteiger partial charge in [0.25, 0.3) is 0 Å². The van der Waals surface area contributed by atoms with Crippen LogP contribution >= 0.6 is 11.8 Å². The molecular formula is C33H25N3O6S. The number of benzene rings is 3. The number of methoxy groups -OCH3 is 1. The molecular weight excluding hydrogens is 566 g/mol. The number of nitriles is 1. The zero-order valence-corrected chi connectivity index (χ0v) is 24.1. The molecule has 1 aliphatic rings. The lowest BCUT2D eigenvalue weighted by molar-refractivity contribution is -0.121. The Morgan fingerprint density at radius 3 is 2.42 bits per heavy atom. The van der Waals surface area contributed by atoms with Crippen LogP contribution in [-0.4, -0.2) is 47.5 Å². The number of para-hydroxylation sites is 1. The number of carbonyl (C=O) groups excluding carboxylic acids is 4. The highest BCUT2D eigenvalue weighted by atomic mass is 32.2. The average molecular weight is 592 g/mol. The van der Waals surface area contributed by atoms with Gasteiger partial charge in [0, 0.05) is 12.0 Å². The van der Waals surface area contributed by atoms with E-state index in [2.05, 4.69) is 11.1 Å². The second kappa shape index (κ2) is 12.7. The minimum atomic E-state index is -0.772. The molecule has 10 heteroatoms. The Morgan fingerprint density at radius 1 is 1.00 bits per heavy atom. The number of hydrogen-bond acceptors (Lipinski definition) is 9. The summed E-state index contributed by atoms with van der Waals surface area (Å²) in [6, 6.07) is 25.7. The normalized spacial score (nSPS) is 14.3. The molecule has 4 aromatic rings. The second-order valence-corrected chi connectivity index (χ2v) is 10.8. The fourth-order valence-corrected chi connectivity index (χ4v) is 5.61. The van der Waals surface area contributed by atoms with E-state index in [-0.39, 0.29) is 12.0 Å². The third-order valence-electron chi connectivity index (χ3n) is 6.79. The Morgan fingerprint density at radius 2 is 1.72 bits per heavy atom. The largest absolute Gasteiger partial charge is 0.496 e. The Kier molecular flexibility index (Phi) is 8.64. The molecule has 5 rings (SSSR count). The van der Waals surface area contributed by atoms with Gasteiger partial charge in [0.2, 0.25) is 17.6 Å². The number of aryl methyl sites for hydroxylation is 1. The Labute approximate surface area is 252 Å². The molecule has 0 spiro atoms. The minimum Gasteiger partial charge on any atom is -0.496 e. The van der Waals surface area contributed by atoms with E-state index in [1.54, 1.807) is 36.4 Å². The van der Waals surface area contributed by atoms with Gasteiger partial charge in [-0.25, -0.2) is 14.7 Å². The highest BCUT2D eigenvalue weighted by molar-refractivity contribution is 8.00. The number of rotatable bonds is 9. The van der Waals surface area contributed by atoms with Gasteiger partial charge in [0.1, 0.15) is 16.8 Å². The van der Waals surface area contributed by atoms with Crippen molar-refractivity contribution in [3.05, 3.63) is 107 Å². The summed E-state index contributed by atoms with van der Waals surface area (Å²) in [7, 11) is 1.45. The van der Waals surface area contributed by atoms with Crippen LogP contribution in [-0.2, 0) is 14.3 Å². The number of hydrogen-bond donors (Lipinski definition) is 0. The van der Waals surface area contributed by atoms with Crippen molar-refractivity contribution in [2.75, 3.05) is 18.6 Å². The van der Waals surface area contributed by atoms with Crippen molar-refractivity contribution in [1.29, 1.82) is 5.26 Å². The maximum atomic E-state index is 13.3. The van der Waals surface area contributed by atoms with Gasteiger partial charge in [-0.1, -0.05) is 53.7 Å². The van der Waals surface area contributed by atoms with Crippen molar-refractivity contribution in [3.8, 4) is 23.1 Å². The van der Waals surface area contributed by atoms with E-state index in [1.807, 2.05) is 31.2 Å². The molecule has 2 amide bonds. The van der Waals surface area contributed by atoms with E-state index >= 15 is 0 Å². The molecule has 3 aromatic carbocycles. The molecule has 1 atom stereocenters. The molecule has 1 unspecified atom stereocenters. The number of anilines is 1. The van der Waals surface area contributed by atoms with Crippen LogP contribution in [0.3, 0.4) is 0 Å². The molecule has 214 valence electrons. The molecule has 9 nitrogen and oxygen atoms in total. The summed E-state index contributed by atoms with van der Waals surface area (Å²) in [6.45, 7) is 1.50. The van der Waals surface area contributed by atoms with Crippen LogP contribution in [0.1, 0.15) is 38.3 Å². The summed E-state index contributed by atoms with van der Waals surface area (Å²) in [6.07, 6.45) is -0.0698. The van der Waals surface area contributed by atoms with E-state index in [1.165, 1.54) is 31.4 Å². The van der Waals surface area contributed by atoms with Crippen molar-refractivity contribution in [2.24, 2.45) is 0 Å². The number of carbonyl (C=O) groups is 4. The monoisotopic (exact) mass is 591 g/mol. The first-order valence-corrected chi connectivity index (χ1v) is 14.1. The van der Waals surface area contributed by atoms with Gasteiger partial charge in [-0.3, -0.25) is 14.4 Å². The lowest BCUT2D eigenvalue weighted by Gasteiger charge is -2.15. The van der Waals surface area contributed by atoms with E-state index in [9.17, 15) is 24.4 Å². The summed E-state index contributed by atoms with van der Waals surface area (Å²) in [4.78, 5) is 57.0. The molecule has 1 saturated heterocycles. The van der Waals surface area contributed by atoms with Gasteiger partial charge in [0.15, 0.2) is 6.61 Å². The molecule has 0 bridgehead atoms. The number of amides is 2. The van der Waals surface area contributed by atoms with Crippen molar-refractivity contribution in [2.45, 2.75) is 23.6 Å². The molecule has 0 radical (unpaired) electrons. The van der Waals surface area contributed by atoms with Crippen LogP contribution in [0.5, 0.6) is 5.75 Å². The molecule has 2 heterocycles. The molecule has 1 fully saturated rings. The third-order valence-corrected chi connectivity index (χ3v) is 7.98. The number of esters is 1. The number of pyridine rings is 1. The number of Topliss-reactive ketones (excluding diaryl/α,β-unsaturated/α-hetero) is 1. The van der Waals surface area contributed by atoms with Gasteiger partial charge in [-0.15, -0.1) is 0 Å². The maximum absolute atomic E-state index is 13.3. The van der Waals surface area contributed by atoms with Crippen molar-refractivity contribution in [3.63, 3.8) is 0 Å². The van der Waals surface area contributed by atoms with E-state index in [0.29, 0.717) is 33.3 Å². The Bertz CT molecular complexity index is 1760. The van der Waals surface area contributed by atoms with Gasteiger partial charge in [-0.2, -0.15) is 5.26 Å². The third kappa shape index (κ3) is 6.32. The van der Waals surface area contributed by atoms with Gasteiger partial charge < -0.3 is 9.47 Å². The smallest absolute Gasteiger partial charge is 0.338 e. The van der Waals surface area contributed by atoms with Crippen LogP contribution in [0.4, 0.5) is 5.69 Å². The Hall–Kier alpha value is -5.27. The average Bonchev–Trinajstić information content (AvgIpc) is 3.31. The molecule has 1 aliphatic heterocycles.